The van der Waals surface area contributed by atoms with Crippen LogP contribution in [0, 0.1) is 6.92 Å². The van der Waals surface area contributed by atoms with E-state index in [-0.39, 0.29) is 30.9 Å². The molecule has 1 unspecified atom stereocenters. The first kappa shape index (κ1) is 23.2. The molecule has 0 saturated heterocycles. The van der Waals surface area contributed by atoms with Gasteiger partial charge in [0, 0.05) is 30.2 Å². The Labute approximate surface area is 160 Å². The van der Waals surface area contributed by atoms with Crippen molar-refractivity contribution in [1.82, 2.24) is 10.6 Å². The molecule has 1 atom stereocenters. The van der Waals surface area contributed by atoms with Crippen LogP contribution in [0.2, 0.25) is 5.02 Å². The highest BCUT2D eigenvalue weighted by Gasteiger charge is 2.09. The highest BCUT2D eigenvalue weighted by molar-refractivity contribution is 6.31. The number of rotatable bonds is 8. The van der Waals surface area contributed by atoms with Crippen molar-refractivity contribution >= 4 is 11.6 Å². The molecule has 0 bridgehead atoms. The number of benzene rings is 1. The van der Waals surface area contributed by atoms with Crippen LogP contribution in [0.25, 0.3) is 11.3 Å². The summed E-state index contributed by atoms with van der Waals surface area (Å²) in [6, 6.07) is 9.77. The van der Waals surface area contributed by atoms with E-state index in [4.69, 9.17) is 21.1 Å². The lowest BCUT2D eigenvalue weighted by atomic mass is 10.1. The Morgan fingerprint density at radius 1 is 1.12 bits per heavy atom. The maximum Gasteiger partial charge on any atom is 0.134 e. The number of hydrogen-bond acceptors (Lipinski definition) is 4. The number of furan rings is 1. The molecule has 0 aliphatic carbocycles. The van der Waals surface area contributed by atoms with Gasteiger partial charge in [-0.2, -0.15) is 0 Å². The molecule has 0 aliphatic heterocycles. The van der Waals surface area contributed by atoms with Gasteiger partial charge in [0.2, 0.25) is 0 Å². The van der Waals surface area contributed by atoms with Crippen molar-refractivity contribution in [3.63, 3.8) is 0 Å². The van der Waals surface area contributed by atoms with Crippen LogP contribution in [0.3, 0.4) is 0 Å². The molecular formula is C17H23Cl3N2O2-2. The zero-order chi connectivity index (χ0) is 15.9. The van der Waals surface area contributed by atoms with Crippen molar-refractivity contribution < 1.29 is 34.3 Å². The van der Waals surface area contributed by atoms with Crippen LogP contribution in [0.15, 0.2) is 34.7 Å². The fourth-order valence-corrected chi connectivity index (χ4v) is 2.37. The maximum absolute atomic E-state index is 9.13. The van der Waals surface area contributed by atoms with Crippen molar-refractivity contribution in [2.24, 2.45) is 0 Å². The fourth-order valence-electron chi connectivity index (χ4n) is 2.19. The van der Waals surface area contributed by atoms with Gasteiger partial charge in [-0.05, 0) is 37.6 Å². The van der Waals surface area contributed by atoms with Gasteiger partial charge in [0.25, 0.3) is 0 Å². The third kappa shape index (κ3) is 7.01. The van der Waals surface area contributed by atoms with Crippen molar-refractivity contribution in [2.75, 3.05) is 19.6 Å². The van der Waals surface area contributed by atoms with E-state index < -0.39 is 0 Å². The fraction of sp³-hybridized carbons (Fsp3) is 0.412. The van der Waals surface area contributed by atoms with Crippen molar-refractivity contribution in [2.45, 2.75) is 26.5 Å². The van der Waals surface area contributed by atoms with E-state index in [1.807, 2.05) is 37.3 Å². The SMILES string of the molecule is Cc1c(Cl)cccc1-c1ccc(CNCCNCC(C)O)o1.[Cl-].[Cl-]. The monoisotopic (exact) mass is 392 g/mol. The van der Waals surface area contributed by atoms with Gasteiger partial charge in [-0.1, -0.05) is 23.7 Å². The topological polar surface area (TPSA) is 57.4 Å². The van der Waals surface area contributed by atoms with Gasteiger partial charge in [0.1, 0.15) is 11.5 Å². The van der Waals surface area contributed by atoms with Crippen LogP contribution in [-0.2, 0) is 6.54 Å². The Morgan fingerprint density at radius 2 is 1.83 bits per heavy atom. The third-order valence-corrected chi connectivity index (χ3v) is 3.82. The molecule has 7 heteroatoms. The highest BCUT2D eigenvalue weighted by atomic mass is 35.5. The first-order valence-electron chi connectivity index (χ1n) is 7.51. The molecule has 0 amide bonds. The minimum Gasteiger partial charge on any atom is -1.00 e. The molecule has 2 rings (SSSR count). The summed E-state index contributed by atoms with van der Waals surface area (Å²) in [5, 5.41) is 16.3. The van der Waals surface area contributed by atoms with Crippen LogP contribution < -0.4 is 35.4 Å². The summed E-state index contributed by atoms with van der Waals surface area (Å²) < 4.78 is 5.87. The Morgan fingerprint density at radius 3 is 2.54 bits per heavy atom. The minimum absolute atomic E-state index is 0. The number of halogens is 3. The van der Waals surface area contributed by atoms with Crippen molar-refractivity contribution in [3.8, 4) is 11.3 Å². The Bertz CT molecular complexity index is 603. The number of nitrogens with one attached hydrogen (secondary N) is 2. The van der Waals surface area contributed by atoms with Gasteiger partial charge in [0.15, 0.2) is 0 Å². The lowest BCUT2D eigenvalue weighted by Gasteiger charge is -2.07. The third-order valence-electron chi connectivity index (χ3n) is 3.41. The average molecular weight is 394 g/mol. The van der Waals surface area contributed by atoms with Gasteiger partial charge in [0.05, 0.1) is 12.6 Å². The molecule has 0 saturated carbocycles. The Balaban J connectivity index is 0.00000264. The summed E-state index contributed by atoms with van der Waals surface area (Å²) >= 11 is 6.15. The molecule has 3 N–H and O–H groups in total. The number of aliphatic hydroxyl groups excluding tert-OH is 1. The largest absolute Gasteiger partial charge is 1.00 e. The number of hydrogen-bond donors (Lipinski definition) is 3. The predicted octanol–water partition coefficient (Wildman–Crippen LogP) is -3.02. The van der Waals surface area contributed by atoms with Crippen LogP contribution in [0.5, 0.6) is 0 Å². The second kappa shape index (κ2) is 11.7. The molecule has 0 radical (unpaired) electrons. The van der Waals surface area contributed by atoms with Crippen LogP contribution in [0.4, 0.5) is 0 Å². The number of aliphatic hydroxyl groups is 1. The summed E-state index contributed by atoms with van der Waals surface area (Å²) in [5.74, 6) is 1.73. The summed E-state index contributed by atoms with van der Waals surface area (Å²) in [6.07, 6.45) is -0.312. The molecule has 2 aromatic rings. The molecule has 24 heavy (non-hydrogen) atoms. The summed E-state index contributed by atoms with van der Waals surface area (Å²) in [7, 11) is 0. The van der Waals surface area contributed by atoms with E-state index in [0.29, 0.717) is 13.1 Å². The summed E-state index contributed by atoms with van der Waals surface area (Å²) in [4.78, 5) is 0. The van der Waals surface area contributed by atoms with Gasteiger partial charge in [-0.3, -0.25) is 0 Å². The van der Waals surface area contributed by atoms with E-state index >= 15 is 0 Å². The molecule has 0 aliphatic rings. The second-order valence-electron chi connectivity index (χ2n) is 5.41. The maximum atomic E-state index is 9.13. The first-order chi connectivity index (χ1) is 10.6. The van der Waals surface area contributed by atoms with E-state index in [9.17, 15) is 0 Å². The van der Waals surface area contributed by atoms with Gasteiger partial charge < -0.3 is 45.0 Å². The van der Waals surface area contributed by atoms with Crippen LogP contribution in [-0.4, -0.2) is 30.8 Å². The zero-order valence-electron chi connectivity index (χ0n) is 13.8. The van der Waals surface area contributed by atoms with E-state index in [0.717, 1.165) is 40.8 Å². The van der Waals surface area contributed by atoms with Crippen molar-refractivity contribution in [1.29, 1.82) is 0 Å². The molecule has 1 aromatic carbocycles. The normalized spacial score (nSPS) is 11.5. The first-order valence-corrected chi connectivity index (χ1v) is 7.89. The van der Waals surface area contributed by atoms with E-state index in [2.05, 4.69) is 10.6 Å². The lowest BCUT2D eigenvalue weighted by Crippen LogP contribution is -3.00. The quantitative estimate of drug-likeness (QED) is 0.418. The minimum atomic E-state index is -0.312. The van der Waals surface area contributed by atoms with Crippen LogP contribution >= 0.6 is 11.6 Å². The molecule has 1 heterocycles. The lowest BCUT2D eigenvalue weighted by molar-refractivity contribution is -0.00100. The molecule has 0 fully saturated rings. The predicted molar refractivity (Wildman–Crippen MR) is 90.1 cm³/mol. The smallest absolute Gasteiger partial charge is 0.134 e. The van der Waals surface area contributed by atoms with Crippen molar-refractivity contribution in [3.05, 3.63) is 46.7 Å². The van der Waals surface area contributed by atoms with Crippen LogP contribution in [0.1, 0.15) is 18.2 Å². The summed E-state index contributed by atoms with van der Waals surface area (Å²) in [6.45, 7) is 6.68. The average Bonchev–Trinajstić information content (AvgIpc) is 2.94. The van der Waals surface area contributed by atoms with E-state index in [1.165, 1.54) is 0 Å². The Kier molecular flexibility index (Phi) is 11.4. The summed E-state index contributed by atoms with van der Waals surface area (Å²) in [5.41, 5.74) is 2.05. The standard InChI is InChI=1S/C17H23ClN2O2.2ClH/c1-12(21)10-19-8-9-20-11-14-6-7-17(22-14)15-4-3-5-16(18)13(15)2;;/h3-7,12,19-21H,8-11H2,1-2H3;2*1H/p-2. The highest BCUT2D eigenvalue weighted by Crippen LogP contribution is 2.29. The van der Waals surface area contributed by atoms with E-state index in [1.54, 1.807) is 6.92 Å². The van der Waals surface area contributed by atoms with Gasteiger partial charge in [-0.25, -0.2) is 0 Å². The molecule has 1 aromatic heterocycles. The van der Waals surface area contributed by atoms with Gasteiger partial charge in [-0.15, -0.1) is 0 Å². The second-order valence-corrected chi connectivity index (χ2v) is 5.82. The Hall–Kier alpha value is -0.750. The molecular weight excluding hydrogens is 371 g/mol. The molecule has 0 spiro atoms. The molecule has 4 nitrogen and oxygen atoms in total. The zero-order valence-corrected chi connectivity index (χ0v) is 16.0. The van der Waals surface area contributed by atoms with Gasteiger partial charge >= 0.3 is 0 Å². The molecule has 136 valence electrons.